The number of aromatic nitrogens is 1. The van der Waals surface area contributed by atoms with E-state index in [9.17, 15) is 4.79 Å². The molecule has 1 heterocycles. The van der Waals surface area contributed by atoms with Crippen LogP contribution in [0.25, 0.3) is 11.1 Å². The van der Waals surface area contributed by atoms with Gasteiger partial charge in [-0.2, -0.15) is 0 Å². The van der Waals surface area contributed by atoms with Gasteiger partial charge in [0.2, 0.25) is 0 Å². The molecule has 0 aliphatic heterocycles. The summed E-state index contributed by atoms with van der Waals surface area (Å²) in [6, 6.07) is 3.17. The molecule has 0 atom stereocenters. The van der Waals surface area contributed by atoms with Crippen molar-refractivity contribution in [3.05, 3.63) is 32.7 Å². The molecule has 0 aliphatic rings. The van der Waals surface area contributed by atoms with E-state index < -0.39 is 5.76 Å². The third kappa shape index (κ3) is 1.02. The monoisotopic (exact) mass is 203 g/mol. The summed E-state index contributed by atoms with van der Waals surface area (Å²) in [6.07, 6.45) is 0. The zero-order chi connectivity index (χ0) is 8.72. The maximum Gasteiger partial charge on any atom is 0.417 e. The Kier molecular flexibility index (Phi) is 1.63. The fraction of sp³-hybridized carbons (Fsp3) is 0. The van der Waals surface area contributed by atoms with Crippen LogP contribution < -0.4 is 5.76 Å². The predicted molar refractivity (Wildman–Crippen MR) is 46.9 cm³/mol. The highest BCUT2D eigenvalue weighted by Crippen LogP contribution is 2.26. The number of oxazole rings is 1. The molecule has 0 radical (unpaired) electrons. The van der Waals surface area contributed by atoms with Gasteiger partial charge in [-0.1, -0.05) is 23.2 Å². The number of nitrogens with one attached hydrogen (secondary N) is 1. The van der Waals surface area contributed by atoms with Gasteiger partial charge in [0.05, 0.1) is 10.0 Å². The molecule has 0 amide bonds. The lowest BCUT2D eigenvalue weighted by Gasteiger charge is -1.91. The summed E-state index contributed by atoms with van der Waals surface area (Å²) < 4.78 is 4.75. The van der Waals surface area contributed by atoms with Crippen molar-refractivity contribution < 1.29 is 4.42 Å². The van der Waals surface area contributed by atoms with E-state index in [1.165, 1.54) is 0 Å². The van der Waals surface area contributed by atoms with E-state index in [1.807, 2.05) is 0 Å². The zero-order valence-corrected chi connectivity index (χ0v) is 7.24. The van der Waals surface area contributed by atoms with Crippen molar-refractivity contribution in [2.45, 2.75) is 0 Å². The minimum atomic E-state index is -0.556. The molecule has 0 aliphatic carbocycles. The summed E-state index contributed by atoms with van der Waals surface area (Å²) in [5, 5.41) is 0.785. The van der Waals surface area contributed by atoms with Crippen LogP contribution in [0.2, 0.25) is 10.0 Å². The van der Waals surface area contributed by atoms with Gasteiger partial charge in [0.15, 0.2) is 5.58 Å². The fourth-order valence-electron chi connectivity index (χ4n) is 0.970. The van der Waals surface area contributed by atoms with Crippen LogP contribution in [0.4, 0.5) is 0 Å². The van der Waals surface area contributed by atoms with Crippen molar-refractivity contribution in [2.24, 2.45) is 0 Å². The summed E-state index contributed by atoms with van der Waals surface area (Å²) in [7, 11) is 0. The smallest absolute Gasteiger partial charge is 0.406 e. The van der Waals surface area contributed by atoms with Gasteiger partial charge in [-0.15, -0.1) is 0 Å². The average molecular weight is 204 g/mol. The molecule has 2 rings (SSSR count). The van der Waals surface area contributed by atoms with Gasteiger partial charge in [0.1, 0.15) is 5.52 Å². The highest BCUT2D eigenvalue weighted by atomic mass is 35.5. The van der Waals surface area contributed by atoms with E-state index in [0.717, 1.165) is 0 Å². The molecule has 12 heavy (non-hydrogen) atoms. The lowest BCUT2D eigenvalue weighted by molar-refractivity contribution is 0.555. The number of aromatic amines is 1. The Morgan fingerprint density at radius 1 is 1.25 bits per heavy atom. The Hall–Kier alpha value is -0.930. The minimum absolute atomic E-state index is 0.300. The second kappa shape index (κ2) is 2.54. The van der Waals surface area contributed by atoms with Crippen molar-refractivity contribution in [1.82, 2.24) is 4.98 Å². The maximum atomic E-state index is 10.8. The molecule has 5 heteroatoms. The summed E-state index contributed by atoms with van der Waals surface area (Å²) in [5.74, 6) is -0.556. The molecule has 0 bridgehead atoms. The number of hydrogen-bond acceptors (Lipinski definition) is 2. The molecule has 0 unspecified atom stereocenters. The lowest BCUT2D eigenvalue weighted by atomic mass is 10.3. The van der Waals surface area contributed by atoms with Crippen molar-refractivity contribution in [3.63, 3.8) is 0 Å². The van der Waals surface area contributed by atoms with E-state index in [4.69, 9.17) is 27.6 Å². The van der Waals surface area contributed by atoms with Crippen LogP contribution in [0.1, 0.15) is 0 Å². The van der Waals surface area contributed by atoms with E-state index in [-0.39, 0.29) is 0 Å². The first-order chi connectivity index (χ1) is 5.68. The largest absolute Gasteiger partial charge is 0.417 e. The highest BCUT2D eigenvalue weighted by molar-refractivity contribution is 6.39. The molecular weight excluding hydrogens is 201 g/mol. The molecule has 0 saturated heterocycles. The Labute approximate surface area is 76.9 Å². The molecule has 3 nitrogen and oxygen atoms in total. The Morgan fingerprint density at radius 3 is 2.58 bits per heavy atom. The molecule has 1 N–H and O–H groups in total. The SMILES string of the molecule is O=c1[nH]c2c(Cl)ccc(Cl)c2o1. The molecule has 2 aromatic rings. The fourth-order valence-corrected chi connectivity index (χ4v) is 1.36. The lowest BCUT2D eigenvalue weighted by Crippen LogP contribution is -1.93. The third-order valence-electron chi connectivity index (χ3n) is 1.48. The number of fused-ring (bicyclic) bond motifs is 1. The van der Waals surface area contributed by atoms with Crippen molar-refractivity contribution in [2.75, 3.05) is 0 Å². The van der Waals surface area contributed by atoms with Gasteiger partial charge in [-0.25, -0.2) is 4.79 Å². The first-order valence-electron chi connectivity index (χ1n) is 3.15. The summed E-state index contributed by atoms with van der Waals surface area (Å²) in [6.45, 7) is 0. The van der Waals surface area contributed by atoms with Crippen LogP contribution in [0.15, 0.2) is 21.3 Å². The van der Waals surface area contributed by atoms with E-state index in [1.54, 1.807) is 12.1 Å². The molecule has 1 aromatic carbocycles. The number of halogens is 2. The quantitative estimate of drug-likeness (QED) is 0.716. The zero-order valence-electron chi connectivity index (χ0n) is 5.73. The second-order valence-corrected chi connectivity index (χ2v) is 3.06. The van der Waals surface area contributed by atoms with Gasteiger partial charge in [0, 0.05) is 0 Å². The topological polar surface area (TPSA) is 46.0 Å². The molecule has 0 spiro atoms. The van der Waals surface area contributed by atoms with Crippen molar-refractivity contribution >= 4 is 34.3 Å². The van der Waals surface area contributed by atoms with E-state index in [0.29, 0.717) is 21.1 Å². The minimum Gasteiger partial charge on any atom is -0.406 e. The van der Waals surface area contributed by atoms with Gasteiger partial charge < -0.3 is 4.42 Å². The van der Waals surface area contributed by atoms with Crippen molar-refractivity contribution in [1.29, 1.82) is 0 Å². The van der Waals surface area contributed by atoms with Gasteiger partial charge in [0.25, 0.3) is 0 Å². The molecule has 0 saturated carbocycles. The number of H-pyrrole nitrogens is 1. The number of rotatable bonds is 0. The predicted octanol–water partition coefficient (Wildman–Crippen LogP) is 2.43. The number of hydrogen-bond donors (Lipinski definition) is 1. The Morgan fingerprint density at radius 2 is 1.92 bits per heavy atom. The van der Waals surface area contributed by atoms with Gasteiger partial charge in [-0.05, 0) is 12.1 Å². The van der Waals surface area contributed by atoms with E-state index in [2.05, 4.69) is 4.98 Å². The summed E-state index contributed by atoms with van der Waals surface area (Å²) in [5.41, 5.74) is 0.739. The van der Waals surface area contributed by atoms with Crippen LogP contribution in [0.5, 0.6) is 0 Å². The molecule has 1 aromatic heterocycles. The highest BCUT2D eigenvalue weighted by Gasteiger charge is 2.08. The molecule has 62 valence electrons. The Balaban J connectivity index is 3.03. The first-order valence-corrected chi connectivity index (χ1v) is 3.91. The third-order valence-corrected chi connectivity index (χ3v) is 2.09. The Bertz CT molecular complexity index is 444. The van der Waals surface area contributed by atoms with Crippen LogP contribution in [0, 0.1) is 0 Å². The molecular formula is C7H3Cl2NO2. The van der Waals surface area contributed by atoms with Gasteiger partial charge in [-0.3, -0.25) is 4.98 Å². The van der Waals surface area contributed by atoms with Crippen molar-refractivity contribution in [3.8, 4) is 0 Å². The maximum absolute atomic E-state index is 10.8. The molecule has 0 fully saturated rings. The summed E-state index contributed by atoms with van der Waals surface area (Å²) in [4.78, 5) is 13.2. The average Bonchev–Trinajstić information content (AvgIpc) is 2.41. The van der Waals surface area contributed by atoms with Crippen LogP contribution in [-0.2, 0) is 0 Å². The van der Waals surface area contributed by atoms with Crippen LogP contribution in [-0.4, -0.2) is 4.98 Å². The second-order valence-electron chi connectivity index (χ2n) is 2.25. The normalized spacial score (nSPS) is 10.8. The summed E-state index contributed by atoms with van der Waals surface area (Å²) >= 11 is 11.5. The van der Waals surface area contributed by atoms with Crippen LogP contribution >= 0.6 is 23.2 Å². The van der Waals surface area contributed by atoms with E-state index >= 15 is 0 Å². The van der Waals surface area contributed by atoms with Crippen LogP contribution in [0.3, 0.4) is 0 Å². The standard InChI is InChI=1S/C7H3Cl2NO2/c8-3-1-2-4(9)6-5(3)10-7(11)12-6/h1-2H,(H,10,11). The first kappa shape index (κ1) is 7.71. The van der Waals surface area contributed by atoms with Gasteiger partial charge >= 0.3 is 5.76 Å². The number of benzene rings is 1.